The number of rotatable bonds is 0. The third kappa shape index (κ3) is 1.58. The van der Waals surface area contributed by atoms with Crippen molar-refractivity contribution in [2.24, 2.45) is 17.8 Å². The minimum atomic E-state index is -1.01. The van der Waals surface area contributed by atoms with Crippen LogP contribution in [0.3, 0.4) is 0 Å². The van der Waals surface area contributed by atoms with Gasteiger partial charge in [0.25, 0.3) is 0 Å². The first-order chi connectivity index (χ1) is 5.59. The van der Waals surface area contributed by atoms with Crippen molar-refractivity contribution in [3.05, 3.63) is 0 Å². The summed E-state index contributed by atoms with van der Waals surface area (Å²) in [5.74, 6) is 1.90. The summed E-state index contributed by atoms with van der Waals surface area (Å²) < 4.78 is -1.01. The van der Waals surface area contributed by atoms with Gasteiger partial charge in [0.1, 0.15) is 0 Å². The Bertz CT molecular complexity index is 173. The molecule has 2 saturated carbocycles. The van der Waals surface area contributed by atoms with Gasteiger partial charge in [0.15, 0.2) is 3.79 Å². The van der Waals surface area contributed by atoms with E-state index in [1.165, 1.54) is 25.7 Å². The number of fused-ring (bicyclic) bond motifs is 1. The van der Waals surface area contributed by atoms with Crippen LogP contribution >= 0.6 is 34.8 Å². The number of hydrogen-bond acceptors (Lipinski definition) is 0. The highest BCUT2D eigenvalue weighted by Gasteiger charge is 2.47. The van der Waals surface area contributed by atoms with Crippen LogP contribution in [0.25, 0.3) is 0 Å². The first-order valence-electron chi connectivity index (χ1n) is 4.66. The SMILES string of the molecule is ClC(Cl)(Cl)[C@H]1CC[C@@H]2CCC[C@H]21. The van der Waals surface area contributed by atoms with Crippen LogP contribution in [0.1, 0.15) is 32.1 Å². The molecule has 2 aliphatic carbocycles. The number of halogens is 3. The fraction of sp³-hybridized carbons (Fsp3) is 1.00. The molecule has 0 unspecified atom stereocenters. The van der Waals surface area contributed by atoms with E-state index in [-0.39, 0.29) is 0 Å². The number of alkyl halides is 3. The lowest BCUT2D eigenvalue weighted by atomic mass is 9.93. The molecule has 0 radical (unpaired) electrons. The quantitative estimate of drug-likeness (QED) is 0.545. The molecule has 2 aliphatic rings. The molecule has 3 heteroatoms. The van der Waals surface area contributed by atoms with Crippen LogP contribution in [0.5, 0.6) is 0 Å². The summed E-state index contributed by atoms with van der Waals surface area (Å²) in [6.07, 6.45) is 6.38. The van der Waals surface area contributed by atoms with Crippen molar-refractivity contribution >= 4 is 34.8 Å². The van der Waals surface area contributed by atoms with Crippen molar-refractivity contribution in [2.45, 2.75) is 35.9 Å². The maximum absolute atomic E-state index is 5.94. The van der Waals surface area contributed by atoms with Crippen LogP contribution in [0.15, 0.2) is 0 Å². The molecule has 0 heterocycles. The van der Waals surface area contributed by atoms with Gasteiger partial charge in [-0.1, -0.05) is 47.6 Å². The van der Waals surface area contributed by atoms with E-state index >= 15 is 0 Å². The Balaban J connectivity index is 2.09. The first-order valence-corrected chi connectivity index (χ1v) is 5.79. The molecule has 0 aromatic rings. The van der Waals surface area contributed by atoms with Gasteiger partial charge in [0.05, 0.1) is 0 Å². The zero-order valence-electron chi connectivity index (χ0n) is 6.90. The van der Waals surface area contributed by atoms with Gasteiger partial charge in [-0.2, -0.15) is 0 Å². The lowest BCUT2D eigenvalue weighted by molar-refractivity contribution is 0.357. The lowest BCUT2D eigenvalue weighted by Crippen LogP contribution is -2.23. The maximum Gasteiger partial charge on any atom is 0.193 e. The molecular weight excluding hydrogens is 214 g/mol. The second-order valence-electron chi connectivity index (χ2n) is 4.08. The van der Waals surface area contributed by atoms with Gasteiger partial charge in [-0.05, 0) is 31.1 Å². The van der Waals surface area contributed by atoms with E-state index in [9.17, 15) is 0 Å². The van der Waals surface area contributed by atoms with Crippen LogP contribution in [-0.2, 0) is 0 Å². The molecule has 0 saturated heterocycles. The van der Waals surface area contributed by atoms with Crippen molar-refractivity contribution in [1.82, 2.24) is 0 Å². The largest absolute Gasteiger partial charge is 0.193 e. The lowest BCUT2D eigenvalue weighted by Gasteiger charge is -2.25. The van der Waals surface area contributed by atoms with E-state index in [0.717, 1.165) is 12.3 Å². The summed E-state index contributed by atoms with van der Waals surface area (Å²) in [6, 6.07) is 0. The van der Waals surface area contributed by atoms with Crippen LogP contribution in [0, 0.1) is 17.8 Å². The van der Waals surface area contributed by atoms with Gasteiger partial charge in [-0.3, -0.25) is 0 Å². The predicted octanol–water partition coefficient (Wildman–Crippen LogP) is 4.18. The summed E-state index contributed by atoms with van der Waals surface area (Å²) in [5, 5.41) is 0. The van der Waals surface area contributed by atoms with Crippen LogP contribution in [0.4, 0.5) is 0 Å². The Kier molecular flexibility index (Phi) is 2.53. The average molecular weight is 228 g/mol. The van der Waals surface area contributed by atoms with Gasteiger partial charge in [0.2, 0.25) is 0 Å². The molecule has 3 atom stereocenters. The molecule has 0 aromatic carbocycles. The Hall–Kier alpha value is 0.870. The molecule has 0 bridgehead atoms. The molecule has 70 valence electrons. The van der Waals surface area contributed by atoms with Crippen molar-refractivity contribution in [3.8, 4) is 0 Å². The standard InChI is InChI=1S/C9H13Cl3/c10-9(11,12)8-5-4-6-2-1-3-7(6)8/h6-8H,1-5H2/t6-,7+,8-/m0/s1. The smallest absolute Gasteiger partial charge is 0.0834 e. The van der Waals surface area contributed by atoms with Crippen LogP contribution in [-0.4, -0.2) is 3.79 Å². The van der Waals surface area contributed by atoms with E-state index in [1.807, 2.05) is 0 Å². The molecule has 0 spiro atoms. The molecule has 0 nitrogen and oxygen atoms in total. The van der Waals surface area contributed by atoms with E-state index < -0.39 is 3.79 Å². The third-order valence-corrected chi connectivity index (χ3v) is 4.34. The normalized spacial score (nSPS) is 41.8. The Morgan fingerprint density at radius 3 is 2.33 bits per heavy atom. The van der Waals surface area contributed by atoms with Crippen molar-refractivity contribution in [2.75, 3.05) is 0 Å². The molecule has 0 aromatic heterocycles. The van der Waals surface area contributed by atoms with E-state index in [1.54, 1.807) is 0 Å². The van der Waals surface area contributed by atoms with E-state index in [0.29, 0.717) is 11.8 Å². The second-order valence-corrected chi connectivity index (χ2v) is 6.45. The van der Waals surface area contributed by atoms with Gasteiger partial charge in [-0.15, -0.1) is 0 Å². The maximum atomic E-state index is 5.94. The molecule has 0 amide bonds. The van der Waals surface area contributed by atoms with Gasteiger partial charge in [-0.25, -0.2) is 0 Å². The minimum Gasteiger partial charge on any atom is -0.0834 e. The molecule has 2 rings (SSSR count). The fourth-order valence-electron chi connectivity index (χ4n) is 2.97. The van der Waals surface area contributed by atoms with Crippen LogP contribution < -0.4 is 0 Å². The zero-order valence-corrected chi connectivity index (χ0v) is 9.17. The summed E-state index contributed by atoms with van der Waals surface area (Å²) in [4.78, 5) is 0. The summed E-state index contributed by atoms with van der Waals surface area (Å²) in [7, 11) is 0. The molecule has 0 N–H and O–H groups in total. The number of hydrogen-bond donors (Lipinski definition) is 0. The fourth-order valence-corrected chi connectivity index (χ4v) is 3.78. The van der Waals surface area contributed by atoms with E-state index in [4.69, 9.17) is 34.8 Å². The van der Waals surface area contributed by atoms with Gasteiger partial charge < -0.3 is 0 Å². The van der Waals surface area contributed by atoms with E-state index in [2.05, 4.69) is 0 Å². The Morgan fingerprint density at radius 2 is 1.67 bits per heavy atom. The highest BCUT2D eigenvalue weighted by molar-refractivity contribution is 6.67. The molecule has 2 fully saturated rings. The highest BCUT2D eigenvalue weighted by atomic mass is 35.6. The topological polar surface area (TPSA) is 0 Å². The van der Waals surface area contributed by atoms with Gasteiger partial charge >= 0.3 is 0 Å². The monoisotopic (exact) mass is 226 g/mol. The molecule has 0 aliphatic heterocycles. The first kappa shape index (κ1) is 9.43. The second kappa shape index (κ2) is 3.22. The predicted molar refractivity (Wildman–Crippen MR) is 53.8 cm³/mol. The third-order valence-electron chi connectivity index (χ3n) is 3.50. The van der Waals surface area contributed by atoms with Gasteiger partial charge in [0, 0.05) is 5.92 Å². The highest BCUT2D eigenvalue weighted by Crippen LogP contribution is 2.55. The van der Waals surface area contributed by atoms with Crippen molar-refractivity contribution in [1.29, 1.82) is 0 Å². The van der Waals surface area contributed by atoms with Crippen LogP contribution in [0.2, 0.25) is 0 Å². The summed E-state index contributed by atoms with van der Waals surface area (Å²) in [5.41, 5.74) is 0. The Morgan fingerprint density at radius 1 is 0.917 bits per heavy atom. The summed E-state index contributed by atoms with van der Waals surface area (Å²) >= 11 is 17.8. The molecular formula is C9H13Cl3. The average Bonchev–Trinajstić information content (AvgIpc) is 2.37. The summed E-state index contributed by atoms with van der Waals surface area (Å²) in [6.45, 7) is 0. The zero-order chi connectivity index (χ0) is 8.77. The van der Waals surface area contributed by atoms with Crippen molar-refractivity contribution in [3.63, 3.8) is 0 Å². The molecule has 12 heavy (non-hydrogen) atoms. The van der Waals surface area contributed by atoms with Crippen molar-refractivity contribution < 1.29 is 0 Å². The Labute approximate surface area is 88.6 Å². The minimum absolute atomic E-state index is 0.329.